The molecule has 0 aliphatic carbocycles. The Morgan fingerprint density at radius 1 is 1.58 bits per heavy atom. The third kappa shape index (κ3) is 1.57. The molecule has 4 nitrogen and oxygen atoms in total. The van der Waals surface area contributed by atoms with Crippen molar-refractivity contribution in [2.24, 2.45) is 5.92 Å². The number of carbonyl (C=O) groups excluding carboxylic acids is 2. The highest BCUT2D eigenvalue weighted by Crippen LogP contribution is 2.18. The van der Waals surface area contributed by atoms with E-state index in [1.165, 1.54) is 6.92 Å². The second-order valence-corrected chi connectivity index (χ2v) is 3.31. The van der Waals surface area contributed by atoms with Gasteiger partial charge in [0.1, 0.15) is 0 Å². The Morgan fingerprint density at radius 3 is 2.50 bits per heavy atom. The summed E-state index contributed by atoms with van der Waals surface area (Å²) in [5.74, 6) is -0.295. The molecule has 1 saturated heterocycles. The van der Waals surface area contributed by atoms with Crippen LogP contribution in [0.15, 0.2) is 0 Å². The van der Waals surface area contributed by atoms with E-state index in [0.29, 0.717) is 5.92 Å². The summed E-state index contributed by atoms with van der Waals surface area (Å²) in [6.07, 6.45) is -0.567. The fourth-order valence-electron chi connectivity index (χ4n) is 1.21. The minimum atomic E-state index is -0.567. The molecule has 0 saturated carbocycles. The van der Waals surface area contributed by atoms with E-state index >= 15 is 0 Å². The maximum Gasteiger partial charge on any atom is 0.303 e. The minimum Gasteiger partial charge on any atom is -0.450 e. The van der Waals surface area contributed by atoms with Gasteiger partial charge in [0.05, 0.1) is 6.04 Å². The first-order chi connectivity index (χ1) is 5.52. The molecule has 1 heterocycles. The monoisotopic (exact) mass is 171 g/mol. The van der Waals surface area contributed by atoms with Crippen molar-refractivity contribution in [2.75, 3.05) is 0 Å². The van der Waals surface area contributed by atoms with E-state index in [2.05, 4.69) is 5.32 Å². The van der Waals surface area contributed by atoms with Crippen LogP contribution >= 0.6 is 0 Å². The molecule has 1 amide bonds. The number of hydrogen-bond acceptors (Lipinski definition) is 3. The zero-order chi connectivity index (χ0) is 9.30. The van der Waals surface area contributed by atoms with Crippen LogP contribution in [-0.2, 0) is 14.3 Å². The highest BCUT2D eigenvalue weighted by Gasteiger charge is 2.43. The summed E-state index contributed by atoms with van der Waals surface area (Å²) in [6, 6.07) is -0.0126. The van der Waals surface area contributed by atoms with Crippen LogP contribution in [-0.4, -0.2) is 24.0 Å². The van der Waals surface area contributed by atoms with E-state index in [1.807, 2.05) is 13.8 Å². The third-order valence-corrected chi connectivity index (χ3v) is 1.90. The highest BCUT2D eigenvalue weighted by atomic mass is 16.6. The molecule has 0 aromatic heterocycles. The van der Waals surface area contributed by atoms with Gasteiger partial charge < -0.3 is 10.1 Å². The molecule has 0 spiro atoms. The standard InChI is InChI=1S/C8H13NO3/c1-4(2)6-7(8(11)9-6)12-5(3)10/h4,6-7H,1-3H3,(H,9,11)/t6-,7+/m0/s1. The van der Waals surface area contributed by atoms with Gasteiger partial charge in [0.2, 0.25) is 0 Å². The summed E-state index contributed by atoms with van der Waals surface area (Å²) >= 11 is 0. The van der Waals surface area contributed by atoms with Gasteiger partial charge in [-0.15, -0.1) is 0 Å². The first-order valence-corrected chi connectivity index (χ1v) is 4.00. The first kappa shape index (κ1) is 9.03. The van der Waals surface area contributed by atoms with Crippen LogP contribution in [0.3, 0.4) is 0 Å². The Labute approximate surface area is 71.3 Å². The maximum absolute atomic E-state index is 10.9. The van der Waals surface area contributed by atoms with Gasteiger partial charge in [0.15, 0.2) is 6.10 Å². The van der Waals surface area contributed by atoms with E-state index in [4.69, 9.17) is 4.74 Å². The summed E-state index contributed by atoms with van der Waals surface area (Å²) in [5.41, 5.74) is 0. The summed E-state index contributed by atoms with van der Waals surface area (Å²) in [7, 11) is 0. The summed E-state index contributed by atoms with van der Waals surface area (Å²) in [4.78, 5) is 21.5. The molecule has 1 fully saturated rings. The van der Waals surface area contributed by atoms with Gasteiger partial charge in [-0.1, -0.05) is 13.8 Å². The van der Waals surface area contributed by atoms with Crippen LogP contribution in [0.4, 0.5) is 0 Å². The lowest BCUT2D eigenvalue weighted by molar-refractivity contribution is -0.165. The van der Waals surface area contributed by atoms with Crippen LogP contribution in [0.2, 0.25) is 0 Å². The summed E-state index contributed by atoms with van der Waals surface area (Å²) in [5, 5.41) is 2.68. The van der Waals surface area contributed by atoms with Crippen LogP contribution < -0.4 is 5.32 Å². The predicted octanol–water partition coefficient (Wildman–Crippen LogP) is 0.0725. The number of β-lactam (4-membered cyclic amide) rings is 1. The van der Waals surface area contributed by atoms with E-state index in [1.54, 1.807) is 0 Å². The summed E-state index contributed by atoms with van der Waals surface area (Å²) < 4.78 is 4.82. The van der Waals surface area contributed by atoms with Crippen molar-refractivity contribution in [3.63, 3.8) is 0 Å². The Morgan fingerprint density at radius 2 is 2.17 bits per heavy atom. The SMILES string of the molecule is CC(=O)O[C@H]1C(=O)N[C@H]1C(C)C. The lowest BCUT2D eigenvalue weighted by Crippen LogP contribution is -2.65. The number of rotatable bonds is 2. The zero-order valence-corrected chi connectivity index (χ0v) is 7.46. The largest absolute Gasteiger partial charge is 0.450 e. The topological polar surface area (TPSA) is 55.4 Å². The Hall–Kier alpha value is -1.06. The van der Waals surface area contributed by atoms with Crippen LogP contribution in [0, 0.1) is 5.92 Å². The van der Waals surface area contributed by atoms with Gasteiger partial charge in [-0.05, 0) is 5.92 Å². The number of hydrogen-bond donors (Lipinski definition) is 1. The first-order valence-electron chi connectivity index (χ1n) is 4.00. The van der Waals surface area contributed by atoms with Crippen molar-refractivity contribution in [1.29, 1.82) is 0 Å². The quantitative estimate of drug-likeness (QED) is 0.472. The van der Waals surface area contributed by atoms with E-state index in [0.717, 1.165) is 0 Å². The smallest absolute Gasteiger partial charge is 0.303 e. The fourth-order valence-corrected chi connectivity index (χ4v) is 1.21. The Balaban J connectivity index is 2.50. The molecule has 1 N–H and O–H groups in total. The molecule has 68 valence electrons. The molecule has 12 heavy (non-hydrogen) atoms. The van der Waals surface area contributed by atoms with Gasteiger partial charge in [-0.2, -0.15) is 0 Å². The molecule has 4 heteroatoms. The zero-order valence-electron chi connectivity index (χ0n) is 7.46. The Bertz CT molecular complexity index is 212. The lowest BCUT2D eigenvalue weighted by Gasteiger charge is -2.38. The third-order valence-electron chi connectivity index (χ3n) is 1.90. The van der Waals surface area contributed by atoms with Gasteiger partial charge in [-0.3, -0.25) is 9.59 Å². The normalized spacial score (nSPS) is 27.8. The van der Waals surface area contributed by atoms with Crippen molar-refractivity contribution in [3.05, 3.63) is 0 Å². The molecule has 0 bridgehead atoms. The van der Waals surface area contributed by atoms with Gasteiger partial charge >= 0.3 is 5.97 Å². The van der Waals surface area contributed by atoms with Crippen molar-refractivity contribution < 1.29 is 14.3 Å². The molecule has 0 radical (unpaired) electrons. The molecule has 1 aliphatic rings. The van der Waals surface area contributed by atoms with E-state index in [-0.39, 0.29) is 11.9 Å². The van der Waals surface area contributed by atoms with Gasteiger partial charge in [0.25, 0.3) is 5.91 Å². The predicted molar refractivity (Wildman–Crippen MR) is 42.3 cm³/mol. The molecular weight excluding hydrogens is 158 g/mol. The average molecular weight is 171 g/mol. The van der Waals surface area contributed by atoms with Crippen molar-refractivity contribution >= 4 is 11.9 Å². The van der Waals surface area contributed by atoms with Crippen LogP contribution in [0.25, 0.3) is 0 Å². The number of carbonyl (C=O) groups is 2. The number of amides is 1. The molecule has 0 aromatic rings. The molecular formula is C8H13NO3. The highest BCUT2D eigenvalue weighted by molar-refractivity contribution is 5.90. The molecule has 0 unspecified atom stereocenters. The number of esters is 1. The van der Waals surface area contributed by atoms with E-state index < -0.39 is 12.1 Å². The lowest BCUT2D eigenvalue weighted by atomic mass is 9.91. The number of nitrogens with one attached hydrogen (secondary N) is 1. The minimum absolute atomic E-state index is 0.0126. The maximum atomic E-state index is 10.9. The van der Waals surface area contributed by atoms with Crippen LogP contribution in [0.1, 0.15) is 20.8 Å². The van der Waals surface area contributed by atoms with Crippen molar-refractivity contribution in [2.45, 2.75) is 32.9 Å². The molecule has 0 aromatic carbocycles. The van der Waals surface area contributed by atoms with E-state index in [9.17, 15) is 9.59 Å². The Kier molecular flexibility index (Phi) is 2.35. The molecule has 1 aliphatic heterocycles. The van der Waals surface area contributed by atoms with Gasteiger partial charge in [0, 0.05) is 6.92 Å². The average Bonchev–Trinajstić information content (AvgIpc) is 1.95. The van der Waals surface area contributed by atoms with Crippen molar-refractivity contribution in [1.82, 2.24) is 5.32 Å². The second-order valence-electron chi connectivity index (χ2n) is 3.31. The van der Waals surface area contributed by atoms with Crippen molar-refractivity contribution in [3.8, 4) is 0 Å². The molecule has 1 rings (SSSR count). The van der Waals surface area contributed by atoms with Gasteiger partial charge in [-0.25, -0.2) is 0 Å². The fraction of sp³-hybridized carbons (Fsp3) is 0.750. The summed E-state index contributed by atoms with van der Waals surface area (Å²) in [6.45, 7) is 5.25. The van der Waals surface area contributed by atoms with Crippen LogP contribution in [0.5, 0.6) is 0 Å². The molecule has 2 atom stereocenters. The second kappa shape index (κ2) is 3.13. The number of ether oxygens (including phenoxy) is 1.